The number of rotatable bonds is 4. The van der Waals surface area contributed by atoms with Gasteiger partial charge in [0.1, 0.15) is 0 Å². The molecule has 1 saturated heterocycles. The zero-order chi connectivity index (χ0) is 11.5. The van der Waals surface area contributed by atoms with Crippen LogP contribution in [0.5, 0.6) is 0 Å². The highest BCUT2D eigenvalue weighted by molar-refractivity contribution is 7.88. The number of piperidine rings is 1. The van der Waals surface area contributed by atoms with Gasteiger partial charge in [-0.2, -0.15) is 0 Å². The Bertz CT molecular complexity index is 293. The van der Waals surface area contributed by atoms with Crippen LogP contribution in [-0.4, -0.2) is 45.7 Å². The molecule has 0 aromatic carbocycles. The molecule has 0 saturated carbocycles. The van der Waals surface area contributed by atoms with Crippen LogP contribution in [0.3, 0.4) is 0 Å². The van der Waals surface area contributed by atoms with E-state index in [4.69, 9.17) is 0 Å². The van der Waals surface area contributed by atoms with Crippen LogP contribution in [0.4, 0.5) is 0 Å². The van der Waals surface area contributed by atoms with Crippen LogP contribution >= 0.6 is 0 Å². The van der Waals surface area contributed by atoms with Gasteiger partial charge in [0.25, 0.3) is 0 Å². The molecular formula is C10H22N2O2S. The molecular weight excluding hydrogens is 212 g/mol. The monoisotopic (exact) mass is 234 g/mol. The van der Waals surface area contributed by atoms with E-state index in [9.17, 15) is 8.42 Å². The average Bonchev–Trinajstić information content (AvgIpc) is 2.17. The van der Waals surface area contributed by atoms with E-state index in [0.29, 0.717) is 18.5 Å². The molecule has 5 heteroatoms. The molecule has 1 N–H and O–H groups in total. The molecule has 90 valence electrons. The van der Waals surface area contributed by atoms with Gasteiger partial charge in [0.15, 0.2) is 0 Å². The molecule has 15 heavy (non-hydrogen) atoms. The van der Waals surface area contributed by atoms with Crippen molar-refractivity contribution >= 4 is 10.0 Å². The second-order valence-electron chi connectivity index (χ2n) is 4.55. The normalized spacial score (nSPS) is 22.9. The minimum atomic E-state index is -2.99. The van der Waals surface area contributed by atoms with Crippen LogP contribution in [0.25, 0.3) is 0 Å². The van der Waals surface area contributed by atoms with Crippen LogP contribution < -0.4 is 5.32 Å². The van der Waals surface area contributed by atoms with Gasteiger partial charge in [-0.15, -0.1) is 0 Å². The molecule has 0 aromatic heterocycles. The second kappa shape index (κ2) is 4.80. The minimum Gasteiger partial charge on any atom is -0.319 e. The zero-order valence-electron chi connectivity index (χ0n) is 9.91. The van der Waals surface area contributed by atoms with Gasteiger partial charge in [0, 0.05) is 19.6 Å². The highest BCUT2D eigenvalue weighted by Crippen LogP contribution is 2.34. The molecule has 1 fully saturated rings. The van der Waals surface area contributed by atoms with Crippen molar-refractivity contribution in [2.75, 3.05) is 32.9 Å². The Labute approximate surface area is 93.1 Å². The Morgan fingerprint density at radius 2 is 1.87 bits per heavy atom. The van der Waals surface area contributed by atoms with Gasteiger partial charge in [-0.1, -0.05) is 6.92 Å². The second-order valence-corrected chi connectivity index (χ2v) is 6.53. The lowest BCUT2D eigenvalue weighted by molar-refractivity contribution is 0.147. The Hall–Kier alpha value is -0.130. The van der Waals surface area contributed by atoms with Crippen molar-refractivity contribution in [3.8, 4) is 0 Å². The Balaban J connectivity index is 2.61. The van der Waals surface area contributed by atoms with E-state index in [1.807, 2.05) is 7.05 Å². The Kier molecular flexibility index (Phi) is 4.14. The quantitative estimate of drug-likeness (QED) is 0.777. The standard InChI is InChI=1S/C10H22N2O2S/c1-4-10(9-11-2)5-7-12(8-6-10)15(3,13)14/h11H,4-9H2,1-3H3. The van der Waals surface area contributed by atoms with Crippen molar-refractivity contribution < 1.29 is 8.42 Å². The summed E-state index contributed by atoms with van der Waals surface area (Å²) < 4.78 is 24.3. The van der Waals surface area contributed by atoms with Crippen molar-refractivity contribution in [2.24, 2.45) is 5.41 Å². The Morgan fingerprint density at radius 3 is 2.20 bits per heavy atom. The van der Waals surface area contributed by atoms with Crippen molar-refractivity contribution in [1.82, 2.24) is 9.62 Å². The summed E-state index contributed by atoms with van der Waals surface area (Å²) in [7, 11) is -1.03. The van der Waals surface area contributed by atoms with E-state index < -0.39 is 10.0 Å². The molecule has 0 radical (unpaired) electrons. The van der Waals surface area contributed by atoms with Gasteiger partial charge in [0.2, 0.25) is 10.0 Å². The lowest BCUT2D eigenvalue weighted by atomic mass is 9.76. The van der Waals surface area contributed by atoms with Crippen LogP contribution in [0.2, 0.25) is 0 Å². The number of nitrogens with one attached hydrogen (secondary N) is 1. The van der Waals surface area contributed by atoms with Crippen molar-refractivity contribution in [2.45, 2.75) is 26.2 Å². The van der Waals surface area contributed by atoms with E-state index in [2.05, 4.69) is 12.2 Å². The number of hydrogen-bond donors (Lipinski definition) is 1. The first-order valence-electron chi connectivity index (χ1n) is 5.53. The lowest BCUT2D eigenvalue weighted by Crippen LogP contribution is -2.46. The van der Waals surface area contributed by atoms with Gasteiger partial charge >= 0.3 is 0 Å². The molecule has 0 spiro atoms. The minimum absolute atomic E-state index is 0.302. The third-order valence-electron chi connectivity index (χ3n) is 3.55. The average molecular weight is 234 g/mol. The third-order valence-corrected chi connectivity index (χ3v) is 4.86. The smallest absolute Gasteiger partial charge is 0.211 e. The highest BCUT2D eigenvalue weighted by Gasteiger charge is 2.34. The molecule has 1 aliphatic rings. The summed E-state index contributed by atoms with van der Waals surface area (Å²) in [6, 6.07) is 0. The summed E-state index contributed by atoms with van der Waals surface area (Å²) in [5, 5.41) is 3.21. The fourth-order valence-corrected chi connectivity index (χ4v) is 3.17. The first-order chi connectivity index (χ1) is 6.93. The van der Waals surface area contributed by atoms with Crippen molar-refractivity contribution in [1.29, 1.82) is 0 Å². The van der Waals surface area contributed by atoms with E-state index in [1.165, 1.54) is 6.26 Å². The van der Waals surface area contributed by atoms with Gasteiger partial charge in [-0.25, -0.2) is 12.7 Å². The molecule has 1 heterocycles. The van der Waals surface area contributed by atoms with Gasteiger partial charge in [-0.3, -0.25) is 0 Å². The zero-order valence-corrected chi connectivity index (χ0v) is 10.7. The first-order valence-corrected chi connectivity index (χ1v) is 7.38. The Morgan fingerprint density at radius 1 is 1.33 bits per heavy atom. The van der Waals surface area contributed by atoms with E-state index in [1.54, 1.807) is 4.31 Å². The topological polar surface area (TPSA) is 49.4 Å². The molecule has 4 nitrogen and oxygen atoms in total. The van der Waals surface area contributed by atoms with Gasteiger partial charge < -0.3 is 5.32 Å². The highest BCUT2D eigenvalue weighted by atomic mass is 32.2. The summed E-state index contributed by atoms with van der Waals surface area (Å²) in [4.78, 5) is 0. The fourth-order valence-electron chi connectivity index (χ4n) is 2.32. The summed E-state index contributed by atoms with van der Waals surface area (Å²) >= 11 is 0. The van der Waals surface area contributed by atoms with E-state index >= 15 is 0 Å². The summed E-state index contributed by atoms with van der Waals surface area (Å²) in [5.41, 5.74) is 0.302. The molecule has 0 unspecified atom stereocenters. The number of hydrogen-bond acceptors (Lipinski definition) is 3. The molecule has 0 aromatic rings. The number of nitrogens with zero attached hydrogens (tertiary/aromatic N) is 1. The SMILES string of the molecule is CCC1(CNC)CCN(S(C)(=O)=O)CC1. The predicted octanol–water partition coefficient (Wildman–Crippen LogP) is 0.658. The predicted molar refractivity (Wildman–Crippen MR) is 62.3 cm³/mol. The maximum atomic E-state index is 11.4. The van der Waals surface area contributed by atoms with Gasteiger partial charge in [-0.05, 0) is 31.7 Å². The molecule has 0 bridgehead atoms. The van der Waals surface area contributed by atoms with Gasteiger partial charge in [0.05, 0.1) is 6.26 Å². The summed E-state index contributed by atoms with van der Waals surface area (Å²) in [6.07, 6.45) is 4.35. The maximum absolute atomic E-state index is 11.4. The molecule has 0 amide bonds. The third kappa shape index (κ3) is 3.16. The van der Waals surface area contributed by atoms with E-state index in [-0.39, 0.29) is 0 Å². The molecule has 0 aliphatic carbocycles. The van der Waals surface area contributed by atoms with Crippen LogP contribution in [0, 0.1) is 5.41 Å². The largest absolute Gasteiger partial charge is 0.319 e. The molecule has 1 aliphatic heterocycles. The summed E-state index contributed by atoms with van der Waals surface area (Å²) in [6.45, 7) is 4.53. The molecule has 0 atom stereocenters. The maximum Gasteiger partial charge on any atom is 0.211 e. The first kappa shape index (κ1) is 12.9. The van der Waals surface area contributed by atoms with Crippen molar-refractivity contribution in [3.05, 3.63) is 0 Å². The lowest BCUT2D eigenvalue weighted by Gasteiger charge is -2.40. The van der Waals surface area contributed by atoms with Crippen LogP contribution in [0.15, 0.2) is 0 Å². The van der Waals surface area contributed by atoms with E-state index in [0.717, 1.165) is 25.8 Å². The van der Waals surface area contributed by atoms with Crippen LogP contribution in [0.1, 0.15) is 26.2 Å². The molecule has 1 rings (SSSR count). The van der Waals surface area contributed by atoms with Crippen LogP contribution in [-0.2, 0) is 10.0 Å². The number of sulfonamides is 1. The fraction of sp³-hybridized carbons (Fsp3) is 1.00. The van der Waals surface area contributed by atoms with Crippen molar-refractivity contribution in [3.63, 3.8) is 0 Å². The summed E-state index contributed by atoms with van der Waals surface area (Å²) in [5.74, 6) is 0.